The summed E-state index contributed by atoms with van der Waals surface area (Å²) in [5.41, 5.74) is -1.73. The van der Waals surface area contributed by atoms with Crippen LogP contribution in [0, 0.1) is 5.41 Å². The summed E-state index contributed by atoms with van der Waals surface area (Å²) in [6.45, 7) is 3.03. The van der Waals surface area contributed by atoms with Gasteiger partial charge in [-0.3, -0.25) is 4.79 Å². The molecule has 0 aliphatic carbocycles. The second-order valence-electron chi connectivity index (χ2n) is 5.31. The van der Waals surface area contributed by atoms with Crippen LogP contribution in [0.2, 0.25) is 0 Å². The van der Waals surface area contributed by atoms with Gasteiger partial charge >= 0.3 is 12.1 Å². The standard InChI is InChI=1S/C14H13F3O3/c1-13(2,12(18)19)6-8-7-20-11-9(8)4-3-5-10(11)14(15,16)17/h3-5,7H,6H2,1-2H3,(H,18,19). The molecule has 20 heavy (non-hydrogen) atoms. The van der Waals surface area contributed by atoms with Gasteiger partial charge < -0.3 is 9.52 Å². The molecule has 0 spiro atoms. The van der Waals surface area contributed by atoms with Crippen LogP contribution in [0.4, 0.5) is 13.2 Å². The van der Waals surface area contributed by atoms with Crippen molar-refractivity contribution in [3.8, 4) is 0 Å². The fraction of sp³-hybridized carbons (Fsp3) is 0.357. The average Bonchev–Trinajstić information content (AvgIpc) is 2.70. The van der Waals surface area contributed by atoms with Crippen LogP contribution in [0.5, 0.6) is 0 Å². The molecule has 6 heteroatoms. The van der Waals surface area contributed by atoms with Gasteiger partial charge in [-0.2, -0.15) is 13.2 Å². The first-order valence-electron chi connectivity index (χ1n) is 5.92. The molecule has 0 radical (unpaired) electrons. The van der Waals surface area contributed by atoms with Gasteiger partial charge in [-0.05, 0) is 31.9 Å². The molecule has 0 atom stereocenters. The van der Waals surface area contributed by atoms with Crippen molar-refractivity contribution in [2.45, 2.75) is 26.4 Å². The maximum Gasteiger partial charge on any atom is 0.420 e. The molecule has 1 N–H and O–H groups in total. The van der Waals surface area contributed by atoms with Crippen molar-refractivity contribution in [2.75, 3.05) is 0 Å². The van der Waals surface area contributed by atoms with Gasteiger partial charge in [-0.15, -0.1) is 0 Å². The van der Waals surface area contributed by atoms with Gasteiger partial charge in [0.1, 0.15) is 5.58 Å². The minimum absolute atomic E-state index is 0.0939. The Balaban J connectivity index is 2.52. The highest BCUT2D eigenvalue weighted by atomic mass is 19.4. The van der Waals surface area contributed by atoms with E-state index in [9.17, 15) is 18.0 Å². The van der Waals surface area contributed by atoms with Gasteiger partial charge in [0.05, 0.1) is 17.2 Å². The number of carbonyl (C=O) groups is 1. The molecule has 0 amide bonds. The Bertz CT molecular complexity index is 653. The van der Waals surface area contributed by atoms with Crippen molar-refractivity contribution in [2.24, 2.45) is 5.41 Å². The van der Waals surface area contributed by atoms with Gasteiger partial charge in [0, 0.05) is 5.39 Å². The summed E-state index contributed by atoms with van der Waals surface area (Å²) in [6.07, 6.45) is -3.21. The van der Waals surface area contributed by atoms with Crippen molar-refractivity contribution in [3.05, 3.63) is 35.6 Å². The zero-order valence-electron chi connectivity index (χ0n) is 10.9. The van der Waals surface area contributed by atoms with E-state index in [1.807, 2.05) is 0 Å². The largest absolute Gasteiger partial charge is 0.481 e. The number of halogens is 3. The third-order valence-corrected chi connectivity index (χ3v) is 3.20. The van der Waals surface area contributed by atoms with E-state index in [2.05, 4.69) is 0 Å². The number of fused-ring (bicyclic) bond motifs is 1. The summed E-state index contributed by atoms with van der Waals surface area (Å²) in [5, 5.41) is 9.39. The van der Waals surface area contributed by atoms with Crippen LogP contribution >= 0.6 is 0 Å². The second kappa shape index (κ2) is 4.54. The molecule has 0 saturated heterocycles. The van der Waals surface area contributed by atoms with Crippen molar-refractivity contribution in [3.63, 3.8) is 0 Å². The number of carboxylic acid groups (broad SMARTS) is 1. The third kappa shape index (κ3) is 2.50. The Morgan fingerprint density at radius 1 is 1.30 bits per heavy atom. The lowest BCUT2D eigenvalue weighted by atomic mass is 9.86. The van der Waals surface area contributed by atoms with Crippen LogP contribution < -0.4 is 0 Å². The number of rotatable bonds is 3. The van der Waals surface area contributed by atoms with E-state index in [0.717, 1.165) is 6.07 Å². The van der Waals surface area contributed by atoms with E-state index in [4.69, 9.17) is 9.52 Å². The highest BCUT2D eigenvalue weighted by molar-refractivity contribution is 5.85. The zero-order chi connectivity index (χ0) is 15.1. The predicted molar refractivity (Wildman–Crippen MR) is 66.3 cm³/mol. The molecule has 2 aromatic rings. The minimum atomic E-state index is -4.50. The van der Waals surface area contributed by atoms with Gasteiger partial charge in [-0.1, -0.05) is 12.1 Å². The molecule has 3 nitrogen and oxygen atoms in total. The number of aliphatic carboxylic acids is 1. The molecule has 0 unspecified atom stereocenters. The molecule has 0 aliphatic heterocycles. The topological polar surface area (TPSA) is 50.4 Å². The number of carboxylic acids is 1. The molecular formula is C14H13F3O3. The predicted octanol–water partition coefficient (Wildman–Crippen LogP) is 4.10. The quantitative estimate of drug-likeness (QED) is 0.924. The monoisotopic (exact) mass is 286 g/mol. The smallest absolute Gasteiger partial charge is 0.420 e. The molecule has 0 fully saturated rings. The lowest BCUT2D eigenvalue weighted by Crippen LogP contribution is -2.26. The SMILES string of the molecule is CC(C)(Cc1coc2c(C(F)(F)F)cccc12)C(=O)O. The Hall–Kier alpha value is -1.98. The van der Waals surface area contributed by atoms with E-state index in [-0.39, 0.29) is 12.0 Å². The van der Waals surface area contributed by atoms with Crippen LogP contribution in [-0.4, -0.2) is 11.1 Å². The summed E-state index contributed by atoms with van der Waals surface area (Å²) < 4.78 is 43.5. The summed E-state index contributed by atoms with van der Waals surface area (Å²) >= 11 is 0. The van der Waals surface area contributed by atoms with E-state index >= 15 is 0 Å². The number of para-hydroxylation sites is 1. The molecule has 2 rings (SSSR count). The highest BCUT2D eigenvalue weighted by Gasteiger charge is 2.35. The summed E-state index contributed by atoms with van der Waals surface area (Å²) in [7, 11) is 0. The first kappa shape index (κ1) is 14.4. The van der Waals surface area contributed by atoms with Crippen molar-refractivity contribution in [1.29, 1.82) is 0 Å². The average molecular weight is 286 g/mol. The van der Waals surface area contributed by atoms with Gasteiger partial charge in [0.25, 0.3) is 0 Å². The summed E-state index contributed by atoms with van der Waals surface area (Å²) in [6, 6.07) is 3.73. The van der Waals surface area contributed by atoms with Crippen molar-refractivity contribution in [1.82, 2.24) is 0 Å². The van der Waals surface area contributed by atoms with E-state index in [0.29, 0.717) is 10.9 Å². The Labute approximate surface area is 113 Å². The molecule has 1 aromatic heterocycles. The van der Waals surface area contributed by atoms with E-state index < -0.39 is 23.1 Å². The zero-order valence-corrected chi connectivity index (χ0v) is 10.9. The van der Waals surface area contributed by atoms with Gasteiger partial charge in [0.2, 0.25) is 0 Å². The first-order valence-corrected chi connectivity index (χ1v) is 5.92. The molecule has 0 bridgehead atoms. The normalized spacial score (nSPS) is 12.8. The van der Waals surface area contributed by atoms with E-state index in [1.54, 1.807) is 0 Å². The fourth-order valence-electron chi connectivity index (χ4n) is 2.02. The second-order valence-corrected chi connectivity index (χ2v) is 5.31. The molecule has 108 valence electrons. The third-order valence-electron chi connectivity index (χ3n) is 3.20. The highest BCUT2D eigenvalue weighted by Crippen LogP contribution is 2.37. The Morgan fingerprint density at radius 2 is 1.95 bits per heavy atom. The number of benzene rings is 1. The van der Waals surface area contributed by atoms with Crippen LogP contribution in [0.3, 0.4) is 0 Å². The maximum absolute atomic E-state index is 12.8. The number of hydrogen-bond donors (Lipinski definition) is 1. The van der Waals surface area contributed by atoms with Crippen LogP contribution in [0.25, 0.3) is 11.0 Å². The van der Waals surface area contributed by atoms with Crippen LogP contribution in [0.15, 0.2) is 28.9 Å². The summed E-state index contributed by atoms with van der Waals surface area (Å²) in [5.74, 6) is -1.01. The molecular weight excluding hydrogens is 273 g/mol. The molecule has 0 aliphatic rings. The van der Waals surface area contributed by atoms with E-state index in [1.165, 1.54) is 32.2 Å². The van der Waals surface area contributed by atoms with Crippen LogP contribution in [-0.2, 0) is 17.4 Å². The number of hydrogen-bond acceptors (Lipinski definition) is 2. The molecule has 1 heterocycles. The summed E-state index contributed by atoms with van der Waals surface area (Å²) in [4.78, 5) is 11.1. The molecule has 1 aromatic carbocycles. The van der Waals surface area contributed by atoms with Crippen molar-refractivity contribution < 1.29 is 27.5 Å². The minimum Gasteiger partial charge on any atom is -0.481 e. The van der Waals surface area contributed by atoms with Gasteiger partial charge in [-0.25, -0.2) is 0 Å². The van der Waals surface area contributed by atoms with Crippen LogP contribution in [0.1, 0.15) is 25.0 Å². The first-order chi connectivity index (χ1) is 9.13. The lowest BCUT2D eigenvalue weighted by molar-refractivity contribution is -0.146. The van der Waals surface area contributed by atoms with Crippen molar-refractivity contribution >= 4 is 16.9 Å². The maximum atomic E-state index is 12.8. The molecule has 0 saturated carbocycles. The lowest BCUT2D eigenvalue weighted by Gasteiger charge is -2.17. The Kier molecular flexibility index (Phi) is 3.28. The number of furan rings is 1. The van der Waals surface area contributed by atoms with Gasteiger partial charge in [0.15, 0.2) is 0 Å². The Morgan fingerprint density at radius 3 is 2.50 bits per heavy atom. The number of alkyl halides is 3. The fourth-order valence-corrected chi connectivity index (χ4v) is 2.02.